The number of aliphatic carboxylic acids is 1. The Morgan fingerprint density at radius 1 is 1.41 bits per heavy atom. The normalized spacial score (nSPS) is 23.6. The van der Waals surface area contributed by atoms with Gasteiger partial charge in [0, 0.05) is 12.6 Å². The van der Waals surface area contributed by atoms with Crippen molar-refractivity contribution in [1.82, 2.24) is 4.90 Å². The molecule has 0 aromatic heterocycles. The van der Waals surface area contributed by atoms with Gasteiger partial charge in [-0.2, -0.15) is 0 Å². The monoisotopic (exact) mass is 305 g/mol. The maximum atomic E-state index is 12.6. The first-order valence-corrected chi connectivity index (χ1v) is 7.43. The Morgan fingerprint density at radius 3 is 2.95 bits per heavy atom. The number of ether oxygens (including phenoxy) is 2. The summed E-state index contributed by atoms with van der Waals surface area (Å²) in [6.07, 6.45) is 1.84. The van der Waals surface area contributed by atoms with Crippen LogP contribution in [-0.4, -0.2) is 48.2 Å². The van der Waals surface area contributed by atoms with Gasteiger partial charge in [0.15, 0.2) is 0 Å². The quantitative estimate of drug-likeness (QED) is 0.911. The molecule has 1 amide bonds. The molecule has 2 heterocycles. The van der Waals surface area contributed by atoms with E-state index in [4.69, 9.17) is 9.47 Å². The SMILES string of the molecule is COc1ccc2c(c1)OC[C@@H](C(=O)N1CCC[C@@H]1C(=O)O)C2. The number of carboxylic acids is 1. The summed E-state index contributed by atoms with van der Waals surface area (Å²) in [6, 6.07) is 4.85. The van der Waals surface area contributed by atoms with Gasteiger partial charge in [0.1, 0.15) is 24.1 Å². The lowest BCUT2D eigenvalue weighted by Crippen LogP contribution is -2.46. The van der Waals surface area contributed by atoms with Crippen LogP contribution in [0, 0.1) is 5.92 Å². The molecule has 0 spiro atoms. The highest BCUT2D eigenvalue weighted by Gasteiger charge is 2.38. The van der Waals surface area contributed by atoms with Crippen molar-refractivity contribution in [3.63, 3.8) is 0 Å². The fraction of sp³-hybridized carbons (Fsp3) is 0.500. The zero-order valence-electron chi connectivity index (χ0n) is 12.4. The summed E-state index contributed by atoms with van der Waals surface area (Å²) in [5.41, 5.74) is 0.955. The molecule has 6 nitrogen and oxygen atoms in total. The lowest BCUT2D eigenvalue weighted by molar-refractivity contribution is -0.150. The van der Waals surface area contributed by atoms with Gasteiger partial charge < -0.3 is 19.5 Å². The van der Waals surface area contributed by atoms with Gasteiger partial charge in [-0.25, -0.2) is 4.79 Å². The number of hydrogen-bond donors (Lipinski definition) is 1. The van der Waals surface area contributed by atoms with E-state index in [-0.39, 0.29) is 18.4 Å². The minimum Gasteiger partial charge on any atom is -0.497 e. The highest BCUT2D eigenvalue weighted by Crippen LogP contribution is 2.32. The van der Waals surface area contributed by atoms with E-state index in [1.165, 1.54) is 4.90 Å². The van der Waals surface area contributed by atoms with Crippen LogP contribution in [0.4, 0.5) is 0 Å². The van der Waals surface area contributed by atoms with E-state index in [1.807, 2.05) is 18.2 Å². The van der Waals surface area contributed by atoms with Crippen LogP contribution < -0.4 is 9.47 Å². The molecule has 118 valence electrons. The van der Waals surface area contributed by atoms with Crippen molar-refractivity contribution in [2.24, 2.45) is 5.92 Å². The highest BCUT2D eigenvalue weighted by atomic mass is 16.5. The second-order valence-electron chi connectivity index (χ2n) is 5.71. The molecule has 0 saturated carbocycles. The van der Waals surface area contributed by atoms with E-state index in [0.717, 1.165) is 17.7 Å². The topological polar surface area (TPSA) is 76.1 Å². The van der Waals surface area contributed by atoms with Crippen molar-refractivity contribution in [1.29, 1.82) is 0 Å². The van der Waals surface area contributed by atoms with Crippen LogP contribution in [-0.2, 0) is 16.0 Å². The smallest absolute Gasteiger partial charge is 0.326 e. The van der Waals surface area contributed by atoms with Crippen LogP contribution in [0.5, 0.6) is 11.5 Å². The predicted molar refractivity (Wildman–Crippen MR) is 78.1 cm³/mol. The number of carboxylic acid groups (broad SMARTS) is 1. The summed E-state index contributed by atoms with van der Waals surface area (Å²) in [7, 11) is 1.59. The van der Waals surface area contributed by atoms with Crippen LogP contribution in [0.2, 0.25) is 0 Å². The van der Waals surface area contributed by atoms with Crippen molar-refractivity contribution in [3.05, 3.63) is 23.8 Å². The van der Waals surface area contributed by atoms with Crippen molar-refractivity contribution >= 4 is 11.9 Å². The fourth-order valence-electron chi connectivity index (χ4n) is 3.16. The van der Waals surface area contributed by atoms with Gasteiger partial charge in [-0.05, 0) is 30.9 Å². The van der Waals surface area contributed by atoms with Gasteiger partial charge in [0.25, 0.3) is 0 Å². The number of amides is 1. The first-order valence-electron chi connectivity index (χ1n) is 7.43. The fourth-order valence-corrected chi connectivity index (χ4v) is 3.16. The number of carbonyl (C=O) groups is 2. The Bertz CT molecular complexity index is 600. The summed E-state index contributed by atoms with van der Waals surface area (Å²) < 4.78 is 10.8. The summed E-state index contributed by atoms with van der Waals surface area (Å²) in [5.74, 6) is 0.0912. The van der Waals surface area contributed by atoms with Gasteiger partial charge >= 0.3 is 5.97 Å². The molecule has 1 aromatic carbocycles. The molecular weight excluding hydrogens is 286 g/mol. The number of nitrogens with zero attached hydrogens (tertiary/aromatic N) is 1. The molecule has 3 rings (SSSR count). The molecule has 0 bridgehead atoms. The lowest BCUT2D eigenvalue weighted by Gasteiger charge is -2.30. The number of carbonyl (C=O) groups excluding carboxylic acids is 1. The summed E-state index contributed by atoms with van der Waals surface area (Å²) in [4.78, 5) is 25.3. The molecule has 0 radical (unpaired) electrons. The Labute approximate surface area is 128 Å². The number of methoxy groups -OCH3 is 1. The number of likely N-dealkylation sites (tertiary alicyclic amines) is 1. The maximum Gasteiger partial charge on any atom is 0.326 e. The highest BCUT2D eigenvalue weighted by molar-refractivity contribution is 5.86. The minimum atomic E-state index is -0.923. The van der Waals surface area contributed by atoms with Crippen LogP contribution in [0.25, 0.3) is 0 Å². The van der Waals surface area contributed by atoms with E-state index in [1.54, 1.807) is 7.11 Å². The van der Waals surface area contributed by atoms with Crippen LogP contribution in [0.3, 0.4) is 0 Å². The third-order valence-corrected chi connectivity index (χ3v) is 4.35. The number of benzene rings is 1. The maximum absolute atomic E-state index is 12.6. The zero-order valence-corrected chi connectivity index (χ0v) is 12.4. The lowest BCUT2D eigenvalue weighted by atomic mass is 9.95. The minimum absolute atomic E-state index is 0.119. The zero-order chi connectivity index (χ0) is 15.7. The molecule has 0 aliphatic carbocycles. The number of hydrogen-bond acceptors (Lipinski definition) is 4. The average Bonchev–Trinajstić information content (AvgIpc) is 3.03. The third kappa shape index (κ3) is 2.61. The largest absolute Gasteiger partial charge is 0.497 e. The molecule has 1 saturated heterocycles. The van der Waals surface area contributed by atoms with Gasteiger partial charge in [0.2, 0.25) is 5.91 Å². The summed E-state index contributed by atoms with van der Waals surface area (Å²) in [5, 5.41) is 9.21. The molecule has 22 heavy (non-hydrogen) atoms. The number of fused-ring (bicyclic) bond motifs is 1. The van der Waals surface area contributed by atoms with Crippen molar-refractivity contribution in [3.8, 4) is 11.5 Å². The summed E-state index contributed by atoms with van der Waals surface area (Å²) in [6.45, 7) is 0.795. The van der Waals surface area contributed by atoms with Crippen LogP contribution >= 0.6 is 0 Å². The molecule has 6 heteroatoms. The standard InChI is InChI=1S/C16H19NO5/c1-21-12-5-4-10-7-11(9-22-14(10)8-12)15(18)17-6-2-3-13(17)16(19)20/h4-5,8,11,13H,2-3,6-7,9H2,1H3,(H,19,20)/t11-,13+/m0/s1. The van der Waals surface area contributed by atoms with E-state index >= 15 is 0 Å². The van der Waals surface area contributed by atoms with Gasteiger partial charge in [-0.15, -0.1) is 0 Å². The first kappa shape index (κ1) is 14.7. The van der Waals surface area contributed by atoms with Crippen LogP contribution in [0.1, 0.15) is 18.4 Å². The van der Waals surface area contributed by atoms with Gasteiger partial charge in [-0.1, -0.05) is 6.07 Å². The third-order valence-electron chi connectivity index (χ3n) is 4.35. The molecule has 1 fully saturated rings. The van der Waals surface area contributed by atoms with E-state index in [9.17, 15) is 14.7 Å². The molecule has 1 aromatic rings. The van der Waals surface area contributed by atoms with Gasteiger partial charge in [0.05, 0.1) is 13.0 Å². The second kappa shape index (κ2) is 5.87. The van der Waals surface area contributed by atoms with E-state index in [0.29, 0.717) is 25.1 Å². The van der Waals surface area contributed by atoms with E-state index in [2.05, 4.69) is 0 Å². The molecule has 2 atom stereocenters. The first-order chi connectivity index (χ1) is 10.6. The van der Waals surface area contributed by atoms with Crippen molar-refractivity contribution in [2.75, 3.05) is 20.3 Å². The average molecular weight is 305 g/mol. The molecule has 0 unspecified atom stereocenters. The molecule has 2 aliphatic heterocycles. The summed E-state index contributed by atoms with van der Waals surface area (Å²) >= 11 is 0. The molecule has 1 N–H and O–H groups in total. The molecule has 2 aliphatic rings. The van der Waals surface area contributed by atoms with Crippen LogP contribution in [0.15, 0.2) is 18.2 Å². The second-order valence-corrected chi connectivity index (χ2v) is 5.71. The van der Waals surface area contributed by atoms with Gasteiger partial charge in [-0.3, -0.25) is 4.79 Å². The Balaban J connectivity index is 1.74. The van der Waals surface area contributed by atoms with Crippen molar-refractivity contribution < 1.29 is 24.2 Å². The Morgan fingerprint density at radius 2 is 2.23 bits per heavy atom. The predicted octanol–water partition coefficient (Wildman–Crippen LogP) is 1.32. The molecular formula is C16H19NO5. The van der Waals surface area contributed by atoms with E-state index < -0.39 is 12.0 Å². The Kier molecular flexibility index (Phi) is 3.92. The number of rotatable bonds is 3. The Hall–Kier alpha value is -2.24. The van der Waals surface area contributed by atoms with Crippen molar-refractivity contribution in [2.45, 2.75) is 25.3 Å².